The van der Waals surface area contributed by atoms with Gasteiger partial charge in [0, 0.05) is 25.4 Å². The smallest absolute Gasteiger partial charge is 0.225 e. The summed E-state index contributed by atoms with van der Waals surface area (Å²) < 4.78 is 0. The highest BCUT2D eigenvalue weighted by Gasteiger charge is 2.32. The predicted molar refractivity (Wildman–Crippen MR) is 71.2 cm³/mol. The summed E-state index contributed by atoms with van der Waals surface area (Å²) in [5, 5.41) is 2.86. The van der Waals surface area contributed by atoms with E-state index in [1.165, 1.54) is 11.1 Å². The van der Waals surface area contributed by atoms with Gasteiger partial charge in [-0.1, -0.05) is 24.3 Å². The molecule has 2 aliphatic rings. The van der Waals surface area contributed by atoms with Gasteiger partial charge in [-0.05, 0) is 24.5 Å². The molecule has 2 atom stereocenters. The van der Waals surface area contributed by atoms with E-state index in [2.05, 4.69) is 24.4 Å². The van der Waals surface area contributed by atoms with Crippen molar-refractivity contribution in [1.82, 2.24) is 10.2 Å². The van der Waals surface area contributed by atoms with Gasteiger partial charge in [0.2, 0.25) is 11.8 Å². The molecule has 1 aromatic rings. The van der Waals surface area contributed by atoms with E-state index in [0.29, 0.717) is 19.4 Å². The number of nitrogens with zero attached hydrogens (tertiary/aromatic N) is 1. The van der Waals surface area contributed by atoms with Crippen LogP contribution >= 0.6 is 0 Å². The third kappa shape index (κ3) is 2.23. The maximum Gasteiger partial charge on any atom is 0.225 e. The molecule has 3 rings (SSSR count). The molecule has 19 heavy (non-hydrogen) atoms. The lowest BCUT2D eigenvalue weighted by Gasteiger charge is -2.23. The summed E-state index contributed by atoms with van der Waals surface area (Å²) in [6.45, 7) is 2.76. The standard InChI is InChI=1S/C15H18N2O2/c1-10-13-5-3-2-4-11(13)9-17(10)15(19)8-12-6-7-14(18)16-12/h2-5,10,12H,6-9H2,1H3,(H,16,18). The molecule has 1 aromatic carbocycles. The van der Waals surface area contributed by atoms with Gasteiger partial charge in [-0.3, -0.25) is 9.59 Å². The number of carbonyl (C=O) groups is 2. The van der Waals surface area contributed by atoms with Gasteiger partial charge in [0.1, 0.15) is 0 Å². The fraction of sp³-hybridized carbons (Fsp3) is 0.467. The van der Waals surface area contributed by atoms with Crippen LogP contribution in [0.15, 0.2) is 24.3 Å². The number of carbonyl (C=O) groups excluding carboxylic acids is 2. The summed E-state index contributed by atoms with van der Waals surface area (Å²) in [5.74, 6) is 0.200. The highest BCUT2D eigenvalue weighted by Crippen LogP contribution is 2.33. The van der Waals surface area contributed by atoms with Crippen molar-refractivity contribution in [2.45, 2.75) is 44.8 Å². The van der Waals surface area contributed by atoms with E-state index in [1.54, 1.807) is 0 Å². The SMILES string of the molecule is CC1c2ccccc2CN1C(=O)CC1CCC(=O)N1. The minimum absolute atomic E-state index is 0.0240. The maximum absolute atomic E-state index is 12.4. The van der Waals surface area contributed by atoms with Crippen molar-refractivity contribution in [3.8, 4) is 0 Å². The normalized spacial score (nSPS) is 25.3. The van der Waals surface area contributed by atoms with Crippen LogP contribution in [0.4, 0.5) is 0 Å². The van der Waals surface area contributed by atoms with Gasteiger partial charge in [-0.25, -0.2) is 0 Å². The summed E-state index contributed by atoms with van der Waals surface area (Å²) in [6, 6.07) is 8.36. The molecule has 0 saturated carbocycles. The van der Waals surface area contributed by atoms with Crippen LogP contribution in [0, 0.1) is 0 Å². The first-order valence-electron chi connectivity index (χ1n) is 6.82. The molecule has 2 aliphatic heterocycles. The van der Waals surface area contributed by atoms with Crippen LogP contribution in [0.1, 0.15) is 43.4 Å². The van der Waals surface area contributed by atoms with Crippen molar-refractivity contribution in [1.29, 1.82) is 0 Å². The lowest BCUT2D eigenvalue weighted by Crippen LogP contribution is -2.35. The van der Waals surface area contributed by atoms with E-state index in [9.17, 15) is 9.59 Å². The summed E-state index contributed by atoms with van der Waals surface area (Å²) in [7, 11) is 0. The molecule has 1 fully saturated rings. The van der Waals surface area contributed by atoms with Gasteiger partial charge in [0.25, 0.3) is 0 Å². The molecule has 0 spiro atoms. The minimum Gasteiger partial charge on any atom is -0.353 e. The maximum atomic E-state index is 12.4. The summed E-state index contributed by atoms with van der Waals surface area (Å²) in [4.78, 5) is 25.4. The summed E-state index contributed by atoms with van der Waals surface area (Å²) in [6.07, 6.45) is 1.75. The van der Waals surface area contributed by atoms with Gasteiger partial charge < -0.3 is 10.2 Å². The van der Waals surface area contributed by atoms with E-state index >= 15 is 0 Å². The number of amides is 2. The molecule has 2 heterocycles. The van der Waals surface area contributed by atoms with Gasteiger partial charge in [-0.2, -0.15) is 0 Å². The number of hydrogen-bond acceptors (Lipinski definition) is 2. The second kappa shape index (κ2) is 4.68. The molecule has 4 nitrogen and oxygen atoms in total. The molecule has 1 N–H and O–H groups in total. The van der Waals surface area contributed by atoms with E-state index in [1.807, 2.05) is 17.0 Å². The Balaban J connectivity index is 1.68. The Morgan fingerprint density at radius 3 is 2.89 bits per heavy atom. The van der Waals surface area contributed by atoms with Crippen molar-refractivity contribution >= 4 is 11.8 Å². The zero-order chi connectivity index (χ0) is 13.4. The molecule has 0 aliphatic carbocycles. The Morgan fingerprint density at radius 2 is 2.21 bits per heavy atom. The first-order valence-corrected chi connectivity index (χ1v) is 6.82. The Morgan fingerprint density at radius 1 is 1.42 bits per heavy atom. The average molecular weight is 258 g/mol. The van der Waals surface area contributed by atoms with Crippen molar-refractivity contribution < 1.29 is 9.59 Å². The van der Waals surface area contributed by atoms with Crippen molar-refractivity contribution in [2.24, 2.45) is 0 Å². The molecular weight excluding hydrogens is 240 g/mol. The molecule has 1 saturated heterocycles. The number of rotatable bonds is 2. The first kappa shape index (κ1) is 12.2. The van der Waals surface area contributed by atoms with Crippen molar-refractivity contribution in [3.05, 3.63) is 35.4 Å². The summed E-state index contributed by atoms with van der Waals surface area (Å²) in [5.41, 5.74) is 2.48. The first-order chi connectivity index (χ1) is 9.15. The Bertz CT molecular complexity index is 527. The predicted octanol–water partition coefficient (Wildman–Crippen LogP) is 1.76. The monoisotopic (exact) mass is 258 g/mol. The lowest BCUT2D eigenvalue weighted by atomic mass is 10.1. The van der Waals surface area contributed by atoms with Crippen molar-refractivity contribution in [3.63, 3.8) is 0 Å². The third-order valence-electron chi connectivity index (χ3n) is 4.14. The highest BCUT2D eigenvalue weighted by molar-refractivity contribution is 5.82. The quantitative estimate of drug-likeness (QED) is 0.878. The average Bonchev–Trinajstić information content (AvgIpc) is 2.94. The molecule has 2 amide bonds. The van der Waals surface area contributed by atoms with E-state index in [4.69, 9.17) is 0 Å². The number of fused-ring (bicyclic) bond motifs is 1. The molecule has 100 valence electrons. The zero-order valence-electron chi connectivity index (χ0n) is 11.1. The molecule has 0 bridgehead atoms. The van der Waals surface area contributed by atoms with Gasteiger partial charge in [0.05, 0.1) is 6.04 Å². The molecule has 4 heteroatoms. The highest BCUT2D eigenvalue weighted by atomic mass is 16.2. The van der Waals surface area contributed by atoms with Gasteiger partial charge in [0.15, 0.2) is 0 Å². The molecule has 0 aromatic heterocycles. The van der Waals surface area contributed by atoms with E-state index in [-0.39, 0.29) is 23.9 Å². The van der Waals surface area contributed by atoms with Gasteiger partial charge in [-0.15, -0.1) is 0 Å². The largest absolute Gasteiger partial charge is 0.353 e. The Labute approximate surface area is 112 Å². The third-order valence-corrected chi connectivity index (χ3v) is 4.14. The fourth-order valence-corrected chi connectivity index (χ4v) is 3.04. The van der Waals surface area contributed by atoms with Gasteiger partial charge >= 0.3 is 0 Å². The summed E-state index contributed by atoms with van der Waals surface area (Å²) >= 11 is 0. The van der Waals surface area contributed by atoms with Crippen LogP contribution in [0.5, 0.6) is 0 Å². The Hall–Kier alpha value is -1.84. The molecule has 0 radical (unpaired) electrons. The topological polar surface area (TPSA) is 49.4 Å². The van der Waals surface area contributed by atoms with Crippen LogP contribution in [0.3, 0.4) is 0 Å². The van der Waals surface area contributed by atoms with Crippen LogP contribution < -0.4 is 5.32 Å². The number of hydrogen-bond donors (Lipinski definition) is 1. The second-order valence-corrected chi connectivity index (χ2v) is 5.40. The Kier molecular flexibility index (Phi) is 3.01. The zero-order valence-corrected chi connectivity index (χ0v) is 11.1. The fourth-order valence-electron chi connectivity index (χ4n) is 3.04. The molecular formula is C15H18N2O2. The van der Waals surface area contributed by atoms with E-state index < -0.39 is 0 Å². The van der Waals surface area contributed by atoms with Crippen LogP contribution in [-0.2, 0) is 16.1 Å². The van der Waals surface area contributed by atoms with E-state index in [0.717, 1.165) is 6.42 Å². The second-order valence-electron chi connectivity index (χ2n) is 5.40. The van der Waals surface area contributed by atoms with Crippen LogP contribution in [-0.4, -0.2) is 22.8 Å². The molecule has 2 unspecified atom stereocenters. The minimum atomic E-state index is 0.0240. The number of nitrogens with one attached hydrogen (secondary N) is 1. The number of benzene rings is 1. The lowest BCUT2D eigenvalue weighted by molar-refractivity contribution is -0.133. The van der Waals surface area contributed by atoms with Crippen LogP contribution in [0.25, 0.3) is 0 Å². The van der Waals surface area contributed by atoms with Crippen molar-refractivity contribution in [2.75, 3.05) is 0 Å². The van der Waals surface area contributed by atoms with Crippen LogP contribution in [0.2, 0.25) is 0 Å².